The van der Waals surface area contributed by atoms with Gasteiger partial charge in [0.2, 0.25) is 5.82 Å². The van der Waals surface area contributed by atoms with Crippen LogP contribution in [0.25, 0.3) is 0 Å². The van der Waals surface area contributed by atoms with Crippen LogP contribution in [0, 0.1) is 10.1 Å². The summed E-state index contributed by atoms with van der Waals surface area (Å²) in [6, 6.07) is 1.21. The number of nitro groups is 1. The van der Waals surface area contributed by atoms with Gasteiger partial charge in [-0.3, -0.25) is 10.1 Å². The summed E-state index contributed by atoms with van der Waals surface area (Å²) in [5.41, 5.74) is -1.28. The average molecular weight is 290 g/mol. The number of nitrogens with zero attached hydrogens (tertiary/aromatic N) is 2. The van der Waals surface area contributed by atoms with Crippen molar-refractivity contribution < 1.29 is 14.8 Å². The van der Waals surface area contributed by atoms with Gasteiger partial charge in [-0.2, -0.15) is 0 Å². The van der Waals surface area contributed by atoms with E-state index >= 15 is 0 Å². The number of halogens is 1. The van der Waals surface area contributed by atoms with Crippen LogP contribution in [-0.2, 0) is 4.74 Å². The van der Waals surface area contributed by atoms with E-state index in [1.165, 1.54) is 19.4 Å². The Bertz CT molecular complexity index is 454. The molecule has 0 aromatic carbocycles. The number of anilines is 1. The fourth-order valence-corrected chi connectivity index (χ4v) is 1.54. The molecule has 1 aromatic rings. The quantitative estimate of drug-likeness (QED) is 0.587. The number of hydrogen-bond donors (Lipinski definition) is 2. The minimum atomic E-state index is -1.05. The molecule has 19 heavy (non-hydrogen) atoms. The largest absolute Gasteiger partial charge is 0.388 e. The first-order chi connectivity index (χ1) is 8.85. The van der Waals surface area contributed by atoms with E-state index in [1.54, 1.807) is 6.92 Å². The first-order valence-corrected chi connectivity index (χ1v) is 5.98. The molecule has 0 spiro atoms. The summed E-state index contributed by atoms with van der Waals surface area (Å²) in [5.74, 6) is 0.0760. The number of rotatable bonds is 7. The fraction of sp³-hybridized carbons (Fsp3) is 0.545. The molecule has 0 amide bonds. The molecular formula is C11H16ClN3O4. The third-order valence-electron chi connectivity index (χ3n) is 2.51. The lowest BCUT2D eigenvalue weighted by atomic mass is 10.0. The van der Waals surface area contributed by atoms with Crippen molar-refractivity contribution in [2.75, 3.05) is 25.6 Å². The molecule has 0 saturated heterocycles. The lowest BCUT2D eigenvalue weighted by Crippen LogP contribution is -2.35. The molecule has 0 aliphatic carbocycles. The summed E-state index contributed by atoms with van der Waals surface area (Å²) in [6.45, 7) is 2.12. The Morgan fingerprint density at radius 2 is 2.37 bits per heavy atom. The first-order valence-electron chi connectivity index (χ1n) is 5.61. The summed E-state index contributed by atoms with van der Waals surface area (Å²) in [6.07, 6.45) is 1.71. The summed E-state index contributed by atoms with van der Waals surface area (Å²) in [4.78, 5) is 14.1. The molecule has 0 fully saturated rings. The van der Waals surface area contributed by atoms with Crippen LogP contribution in [0.15, 0.2) is 12.3 Å². The number of hydrogen-bond acceptors (Lipinski definition) is 6. The van der Waals surface area contributed by atoms with Crippen molar-refractivity contribution in [1.82, 2.24) is 4.98 Å². The highest BCUT2D eigenvalue weighted by Gasteiger charge is 2.23. The van der Waals surface area contributed by atoms with E-state index < -0.39 is 10.5 Å². The van der Waals surface area contributed by atoms with Gasteiger partial charge in [0.1, 0.15) is 0 Å². The van der Waals surface area contributed by atoms with Gasteiger partial charge in [0.15, 0.2) is 0 Å². The van der Waals surface area contributed by atoms with E-state index in [9.17, 15) is 15.2 Å². The van der Waals surface area contributed by atoms with E-state index in [0.29, 0.717) is 13.0 Å². The van der Waals surface area contributed by atoms with Crippen LogP contribution in [0.3, 0.4) is 0 Å². The van der Waals surface area contributed by atoms with E-state index in [-0.39, 0.29) is 23.1 Å². The first kappa shape index (κ1) is 15.6. The Hall–Kier alpha value is -1.44. The smallest absolute Gasteiger partial charge is 0.312 e. The number of aliphatic hydroxyl groups is 1. The lowest BCUT2D eigenvalue weighted by molar-refractivity contribution is -0.384. The third kappa shape index (κ3) is 4.98. The average Bonchev–Trinajstić information content (AvgIpc) is 2.35. The molecule has 1 aromatic heterocycles. The van der Waals surface area contributed by atoms with Gasteiger partial charge < -0.3 is 15.2 Å². The molecule has 0 aliphatic rings. The Morgan fingerprint density at radius 1 is 1.68 bits per heavy atom. The van der Waals surface area contributed by atoms with Gasteiger partial charge in [0.25, 0.3) is 0 Å². The van der Waals surface area contributed by atoms with E-state index in [0.717, 1.165) is 0 Å². The zero-order valence-electron chi connectivity index (χ0n) is 10.7. The Kier molecular flexibility index (Phi) is 5.46. The van der Waals surface area contributed by atoms with Crippen molar-refractivity contribution in [2.24, 2.45) is 0 Å². The van der Waals surface area contributed by atoms with E-state index in [1.807, 2.05) is 0 Å². The molecule has 2 N–H and O–H groups in total. The molecule has 106 valence electrons. The van der Waals surface area contributed by atoms with Gasteiger partial charge in [-0.1, -0.05) is 11.6 Å². The Labute approximate surface area is 115 Å². The normalized spacial score (nSPS) is 13.9. The molecule has 1 rings (SSSR count). The van der Waals surface area contributed by atoms with Crippen molar-refractivity contribution in [3.05, 3.63) is 27.4 Å². The van der Waals surface area contributed by atoms with Crippen LogP contribution in [0.5, 0.6) is 0 Å². The third-order valence-corrected chi connectivity index (χ3v) is 2.72. The highest BCUT2D eigenvalue weighted by molar-refractivity contribution is 6.30. The van der Waals surface area contributed by atoms with E-state index in [4.69, 9.17) is 16.3 Å². The second-order valence-corrected chi connectivity index (χ2v) is 4.81. The number of nitrogens with one attached hydrogen (secondary N) is 1. The molecular weight excluding hydrogens is 274 g/mol. The topological polar surface area (TPSA) is 97.5 Å². The Morgan fingerprint density at radius 3 is 2.95 bits per heavy atom. The van der Waals surface area contributed by atoms with Crippen molar-refractivity contribution in [3.63, 3.8) is 0 Å². The minimum absolute atomic E-state index is 0.0760. The maximum absolute atomic E-state index is 10.9. The van der Waals surface area contributed by atoms with Gasteiger partial charge in [0, 0.05) is 38.9 Å². The molecule has 0 radical (unpaired) electrons. The van der Waals surface area contributed by atoms with Crippen molar-refractivity contribution in [2.45, 2.75) is 18.9 Å². The van der Waals surface area contributed by atoms with Crippen molar-refractivity contribution in [3.8, 4) is 0 Å². The molecule has 0 bridgehead atoms. The van der Waals surface area contributed by atoms with Gasteiger partial charge in [0.05, 0.1) is 15.5 Å². The maximum Gasteiger partial charge on any atom is 0.312 e. The number of pyridine rings is 1. The fourth-order valence-electron chi connectivity index (χ4n) is 1.39. The maximum atomic E-state index is 10.9. The van der Waals surface area contributed by atoms with Crippen LogP contribution in [0.4, 0.5) is 11.5 Å². The SMILES string of the molecule is COCCC(C)(O)CNc1ncc(Cl)cc1[N+](=O)[O-]. The second-order valence-electron chi connectivity index (χ2n) is 4.37. The monoisotopic (exact) mass is 289 g/mol. The van der Waals surface area contributed by atoms with Crippen LogP contribution < -0.4 is 5.32 Å². The standard InChI is InChI=1S/C11H16ClN3O4/c1-11(16,3-4-19-2)7-14-10-9(15(17)18)5-8(12)6-13-10/h5-6,16H,3-4,7H2,1-2H3,(H,13,14). The summed E-state index contributed by atoms with van der Waals surface area (Å²) < 4.78 is 4.88. The second kappa shape index (κ2) is 6.65. The molecule has 1 atom stereocenters. The summed E-state index contributed by atoms with van der Waals surface area (Å²) in [5, 5.41) is 23.8. The number of ether oxygens (including phenoxy) is 1. The van der Waals surface area contributed by atoms with E-state index in [2.05, 4.69) is 10.3 Å². The molecule has 7 nitrogen and oxygen atoms in total. The molecule has 1 unspecified atom stereocenters. The minimum Gasteiger partial charge on any atom is -0.388 e. The van der Waals surface area contributed by atoms with Crippen LogP contribution in [0.2, 0.25) is 5.02 Å². The predicted octanol–water partition coefficient (Wildman–Crippen LogP) is 1.84. The zero-order valence-corrected chi connectivity index (χ0v) is 11.5. The Balaban J connectivity index is 2.75. The highest BCUT2D eigenvalue weighted by atomic mass is 35.5. The zero-order chi connectivity index (χ0) is 14.5. The summed E-state index contributed by atoms with van der Waals surface area (Å²) in [7, 11) is 1.54. The predicted molar refractivity (Wildman–Crippen MR) is 71.5 cm³/mol. The molecule has 8 heteroatoms. The van der Waals surface area contributed by atoms with Gasteiger partial charge in [-0.05, 0) is 6.92 Å². The van der Waals surface area contributed by atoms with Gasteiger partial charge in [-0.15, -0.1) is 0 Å². The van der Waals surface area contributed by atoms with Crippen molar-refractivity contribution in [1.29, 1.82) is 0 Å². The van der Waals surface area contributed by atoms with Crippen LogP contribution in [-0.4, -0.2) is 40.9 Å². The highest BCUT2D eigenvalue weighted by Crippen LogP contribution is 2.25. The molecule has 0 aliphatic heterocycles. The van der Waals surface area contributed by atoms with Crippen LogP contribution >= 0.6 is 11.6 Å². The number of methoxy groups -OCH3 is 1. The van der Waals surface area contributed by atoms with Crippen molar-refractivity contribution >= 4 is 23.1 Å². The van der Waals surface area contributed by atoms with Gasteiger partial charge >= 0.3 is 5.69 Å². The molecule has 0 saturated carbocycles. The van der Waals surface area contributed by atoms with Gasteiger partial charge in [-0.25, -0.2) is 4.98 Å². The van der Waals surface area contributed by atoms with Crippen LogP contribution in [0.1, 0.15) is 13.3 Å². The molecule has 1 heterocycles. The number of aromatic nitrogens is 1. The lowest BCUT2D eigenvalue weighted by Gasteiger charge is -2.23. The summed E-state index contributed by atoms with van der Waals surface area (Å²) >= 11 is 5.66.